The van der Waals surface area contributed by atoms with E-state index in [2.05, 4.69) is 22.8 Å². The van der Waals surface area contributed by atoms with Crippen LogP contribution < -0.4 is 20.2 Å². The number of ether oxygens (including phenoxy) is 2. The Labute approximate surface area is 137 Å². The molecule has 2 rings (SSSR count). The Hall–Kier alpha value is -1.82. The molecule has 0 bridgehead atoms. The average molecular weight is 321 g/mol. The summed E-state index contributed by atoms with van der Waals surface area (Å²) in [5.41, 5.74) is 4.94. The number of methoxy groups -OCH3 is 2. The molecule has 22 heavy (non-hydrogen) atoms. The number of nitrogens with one attached hydrogen (secondary N) is 2. The zero-order valence-electron chi connectivity index (χ0n) is 13.3. The van der Waals surface area contributed by atoms with Crippen LogP contribution in [-0.2, 0) is 0 Å². The van der Waals surface area contributed by atoms with Crippen LogP contribution in [0.3, 0.4) is 0 Å². The maximum atomic E-state index is 5.27. The van der Waals surface area contributed by atoms with E-state index in [-0.39, 0.29) is 0 Å². The highest BCUT2D eigenvalue weighted by atomic mass is 32.1. The first-order valence-electron chi connectivity index (χ1n) is 7.47. The number of hydrogen-bond acceptors (Lipinski definition) is 4. The fraction of sp³-hybridized carbons (Fsp3) is 0.500. The molecule has 5 nitrogen and oxygen atoms in total. The molecular formula is C16H23N3O2S. The van der Waals surface area contributed by atoms with E-state index in [1.165, 1.54) is 18.6 Å². The normalized spacial score (nSPS) is 19.6. The summed E-state index contributed by atoms with van der Waals surface area (Å²) in [6.45, 7) is 2.26. The topological polar surface area (TPSA) is 54.9 Å². The van der Waals surface area contributed by atoms with Crippen molar-refractivity contribution in [2.45, 2.75) is 32.6 Å². The molecule has 1 aliphatic carbocycles. The van der Waals surface area contributed by atoms with Crippen LogP contribution in [0.5, 0.6) is 11.5 Å². The van der Waals surface area contributed by atoms with E-state index in [1.807, 2.05) is 18.2 Å². The number of hydrogen-bond donors (Lipinski definition) is 2. The molecule has 0 aliphatic heterocycles. The van der Waals surface area contributed by atoms with Crippen LogP contribution in [-0.4, -0.2) is 25.0 Å². The van der Waals surface area contributed by atoms with Crippen LogP contribution in [0.2, 0.25) is 0 Å². The number of hydrazone groups is 1. The van der Waals surface area contributed by atoms with E-state index >= 15 is 0 Å². The first-order chi connectivity index (χ1) is 10.6. The number of nitrogens with zero attached hydrogens (tertiary/aromatic N) is 1. The van der Waals surface area contributed by atoms with E-state index in [4.69, 9.17) is 21.7 Å². The van der Waals surface area contributed by atoms with E-state index in [0.717, 1.165) is 18.5 Å². The zero-order valence-corrected chi connectivity index (χ0v) is 14.1. The summed E-state index contributed by atoms with van der Waals surface area (Å²) in [6.07, 6.45) is 4.59. The van der Waals surface area contributed by atoms with Crippen molar-refractivity contribution in [1.82, 2.24) is 5.43 Å². The van der Waals surface area contributed by atoms with Crippen LogP contribution in [0.15, 0.2) is 23.3 Å². The Balaban J connectivity index is 1.93. The SMILES string of the molecule is COc1ccc(NC(=S)N/N=C2\CCC[C@@H](C)C2)cc1OC. The van der Waals surface area contributed by atoms with Crippen molar-refractivity contribution >= 4 is 28.7 Å². The van der Waals surface area contributed by atoms with Crippen LogP contribution in [0.1, 0.15) is 32.6 Å². The maximum absolute atomic E-state index is 5.27. The Morgan fingerprint density at radius 2 is 2.05 bits per heavy atom. The molecule has 1 saturated carbocycles. The molecule has 1 aliphatic rings. The monoisotopic (exact) mass is 321 g/mol. The van der Waals surface area contributed by atoms with Gasteiger partial charge in [-0.1, -0.05) is 6.92 Å². The zero-order chi connectivity index (χ0) is 15.9. The molecule has 1 fully saturated rings. The molecule has 2 N–H and O–H groups in total. The lowest BCUT2D eigenvalue weighted by molar-refractivity contribution is 0.355. The fourth-order valence-corrected chi connectivity index (χ4v) is 2.73. The van der Waals surface area contributed by atoms with Gasteiger partial charge in [-0.05, 0) is 56.0 Å². The predicted molar refractivity (Wildman–Crippen MR) is 94.0 cm³/mol. The van der Waals surface area contributed by atoms with Crippen molar-refractivity contribution in [3.05, 3.63) is 18.2 Å². The van der Waals surface area contributed by atoms with Gasteiger partial charge in [0.25, 0.3) is 0 Å². The van der Waals surface area contributed by atoms with Crippen molar-refractivity contribution in [2.24, 2.45) is 11.0 Å². The molecule has 1 aromatic carbocycles. The Morgan fingerprint density at radius 3 is 2.73 bits per heavy atom. The molecule has 0 aromatic heterocycles. The predicted octanol–water partition coefficient (Wildman–Crippen LogP) is 3.56. The van der Waals surface area contributed by atoms with Crippen LogP contribution in [0, 0.1) is 5.92 Å². The summed E-state index contributed by atoms with van der Waals surface area (Å²) in [7, 11) is 3.22. The summed E-state index contributed by atoms with van der Waals surface area (Å²) in [5.74, 6) is 2.05. The average Bonchev–Trinajstić information content (AvgIpc) is 2.53. The molecule has 0 spiro atoms. The second-order valence-corrected chi connectivity index (χ2v) is 5.92. The molecule has 0 amide bonds. The van der Waals surface area contributed by atoms with Crippen LogP contribution >= 0.6 is 12.2 Å². The van der Waals surface area contributed by atoms with E-state index < -0.39 is 0 Å². The summed E-state index contributed by atoms with van der Waals surface area (Å²) < 4.78 is 10.5. The number of thiocarbonyl (C=S) groups is 1. The third-order valence-electron chi connectivity index (χ3n) is 3.70. The first kappa shape index (κ1) is 16.5. The van der Waals surface area contributed by atoms with Gasteiger partial charge in [-0.15, -0.1) is 0 Å². The van der Waals surface area contributed by atoms with Gasteiger partial charge in [0.2, 0.25) is 0 Å². The summed E-state index contributed by atoms with van der Waals surface area (Å²) in [6, 6.07) is 5.55. The fourth-order valence-electron chi connectivity index (χ4n) is 2.57. The number of anilines is 1. The van der Waals surface area contributed by atoms with Crippen LogP contribution in [0.25, 0.3) is 0 Å². The Morgan fingerprint density at radius 1 is 1.27 bits per heavy atom. The Kier molecular flexibility index (Phi) is 6.00. The van der Waals surface area contributed by atoms with Gasteiger partial charge in [0, 0.05) is 17.5 Å². The molecule has 6 heteroatoms. The second kappa shape index (κ2) is 7.98. The molecule has 120 valence electrons. The lowest BCUT2D eigenvalue weighted by Gasteiger charge is -2.19. The summed E-state index contributed by atoms with van der Waals surface area (Å²) in [4.78, 5) is 0. The number of benzene rings is 1. The van der Waals surface area contributed by atoms with Crippen molar-refractivity contribution in [1.29, 1.82) is 0 Å². The van der Waals surface area contributed by atoms with E-state index in [9.17, 15) is 0 Å². The highest BCUT2D eigenvalue weighted by Gasteiger charge is 2.14. The van der Waals surface area contributed by atoms with Gasteiger partial charge in [-0.2, -0.15) is 5.10 Å². The minimum Gasteiger partial charge on any atom is -0.493 e. The standard InChI is InChI=1S/C16H23N3O2S/c1-11-5-4-6-13(9-11)18-19-16(22)17-12-7-8-14(20-2)15(10-12)21-3/h7-8,10-11H,4-6,9H2,1-3H3,(H2,17,19,22)/b18-13+/t11-/m1/s1. The molecular weight excluding hydrogens is 298 g/mol. The lowest BCUT2D eigenvalue weighted by atomic mass is 9.89. The molecule has 0 unspecified atom stereocenters. The molecule has 0 radical (unpaired) electrons. The summed E-state index contributed by atoms with van der Waals surface area (Å²) >= 11 is 5.27. The van der Waals surface area contributed by atoms with Gasteiger partial charge in [0.15, 0.2) is 16.6 Å². The molecule has 0 saturated heterocycles. The Bertz CT molecular complexity index is 560. The quantitative estimate of drug-likeness (QED) is 0.656. The lowest BCUT2D eigenvalue weighted by Crippen LogP contribution is -2.26. The van der Waals surface area contributed by atoms with Gasteiger partial charge in [-0.3, -0.25) is 5.43 Å². The maximum Gasteiger partial charge on any atom is 0.191 e. The van der Waals surface area contributed by atoms with Crippen LogP contribution in [0.4, 0.5) is 5.69 Å². The van der Waals surface area contributed by atoms with Crippen molar-refractivity contribution in [2.75, 3.05) is 19.5 Å². The van der Waals surface area contributed by atoms with Gasteiger partial charge in [-0.25, -0.2) is 0 Å². The smallest absolute Gasteiger partial charge is 0.191 e. The minimum absolute atomic E-state index is 0.470. The molecule has 0 heterocycles. The molecule has 1 aromatic rings. The molecule has 1 atom stereocenters. The third kappa shape index (κ3) is 4.59. The minimum atomic E-state index is 0.470. The van der Waals surface area contributed by atoms with E-state index in [0.29, 0.717) is 22.5 Å². The summed E-state index contributed by atoms with van der Waals surface area (Å²) in [5, 5.41) is 7.98. The van der Waals surface area contributed by atoms with Gasteiger partial charge in [0.1, 0.15) is 0 Å². The van der Waals surface area contributed by atoms with E-state index in [1.54, 1.807) is 14.2 Å². The highest BCUT2D eigenvalue weighted by molar-refractivity contribution is 7.80. The third-order valence-corrected chi connectivity index (χ3v) is 3.90. The highest BCUT2D eigenvalue weighted by Crippen LogP contribution is 2.29. The number of rotatable bonds is 4. The first-order valence-corrected chi connectivity index (χ1v) is 7.87. The van der Waals surface area contributed by atoms with Crippen molar-refractivity contribution in [3.63, 3.8) is 0 Å². The van der Waals surface area contributed by atoms with Gasteiger partial charge in [0.05, 0.1) is 14.2 Å². The van der Waals surface area contributed by atoms with Crippen molar-refractivity contribution in [3.8, 4) is 11.5 Å². The largest absolute Gasteiger partial charge is 0.493 e. The van der Waals surface area contributed by atoms with Gasteiger partial charge >= 0.3 is 0 Å². The van der Waals surface area contributed by atoms with Crippen molar-refractivity contribution < 1.29 is 9.47 Å². The van der Waals surface area contributed by atoms with Gasteiger partial charge < -0.3 is 14.8 Å². The second-order valence-electron chi connectivity index (χ2n) is 5.52.